The average molecular weight is 453 g/mol. The minimum absolute atomic E-state index is 0.0464. The summed E-state index contributed by atoms with van der Waals surface area (Å²) in [7, 11) is -5.29. The van der Waals surface area contributed by atoms with Crippen molar-refractivity contribution >= 4 is 31.5 Å². The number of anilines is 1. The van der Waals surface area contributed by atoms with E-state index in [-0.39, 0.29) is 29.0 Å². The van der Waals surface area contributed by atoms with Crippen molar-refractivity contribution in [3.63, 3.8) is 0 Å². The van der Waals surface area contributed by atoms with E-state index >= 15 is 0 Å². The largest absolute Gasteiger partial charge is 0.484 e. The van der Waals surface area contributed by atoms with Crippen LogP contribution in [0, 0.1) is 6.92 Å². The van der Waals surface area contributed by atoms with Gasteiger partial charge in [0.15, 0.2) is 16.4 Å². The lowest BCUT2D eigenvalue weighted by molar-refractivity contribution is -0.123. The maximum Gasteiger partial charge on any atom is 0.264 e. The van der Waals surface area contributed by atoms with Gasteiger partial charge < -0.3 is 10.1 Å². The summed E-state index contributed by atoms with van der Waals surface area (Å²) in [5.74, 6) is 0.0310. The fraction of sp³-hybridized carbons (Fsp3) is 0.350. The number of aryl methyl sites for hydroxylation is 1. The SMILES string of the molecule is Cc1ccc(S(=O)(=O)N(C)c2ccc(OCC(=O)NC3CCS(=O)(=O)C3)cc2)cc1. The molecule has 0 spiro atoms. The molecule has 30 heavy (non-hydrogen) atoms. The van der Waals surface area contributed by atoms with Gasteiger partial charge in [-0.15, -0.1) is 0 Å². The van der Waals surface area contributed by atoms with E-state index < -0.39 is 25.8 Å². The van der Waals surface area contributed by atoms with Crippen LogP contribution >= 0.6 is 0 Å². The van der Waals surface area contributed by atoms with Gasteiger partial charge in [0.2, 0.25) is 0 Å². The van der Waals surface area contributed by atoms with E-state index in [4.69, 9.17) is 4.74 Å². The molecule has 1 N–H and O–H groups in total. The molecule has 3 rings (SSSR count). The minimum Gasteiger partial charge on any atom is -0.484 e. The van der Waals surface area contributed by atoms with Gasteiger partial charge in [-0.1, -0.05) is 17.7 Å². The summed E-state index contributed by atoms with van der Waals surface area (Å²) in [5.41, 5.74) is 1.42. The maximum atomic E-state index is 12.8. The lowest BCUT2D eigenvalue weighted by Crippen LogP contribution is -2.38. The summed E-state index contributed by atoms with van der Waals surface area (Å²) in [6.45, 7) is 1.63. The molecule has 10 heteroatoms. The van der Waals surface area contributed by atoms with Gasteiger partial charge in [-0.3, -0.25) is 9.10 Å². The molecule has 1 aliphatic rings. The molecule has 0 aliphatic carbocycles. The van der Waals surface area contributed by atoms with Crippen molar-refractivity contribution in [3.05, 3.63) is 54.1 Å². The Balaban J connectivity index is 1.58. The Labute approximate surface area is 176 Å². The topological polar surface area (TPSA) is 110 Å². The highest BCUT2D eigenvalue weighted by Gasteiger charge is 2.29. The number of hydrogen-bond acceptors (Lipinski definition) is 6. The summed E-state index contributed by atoms with van der Waals surface area (Å²) in [6.07, 6.45) is 0.407. The van der Waals surface area contributed by atoms with Crippen molar-refractivity contribution in [2.45, 2.75) is 24.3 Å². The number of carbonyl (C=O) groups excluding carboxylic acids is 1. The molecule has 0 bridgehead atoms. The molecular weight excluding hydrogens is 428 g/mol. The quantitative estimate of drug-likeness (QED) is 0.682. The highest BCUT2D eigenvalue weighted by Crippen LogP contribution is 2.24. The van der Waals surface area contributed by atoms with E-state index in [1.54, 1.807) is 48.5 Å². The molecule has 1 fully saturated rings. The lowest BCUT2D eigenvalue weighted by Gasteiger charge is -2.20. The summed E-state index contributed by atoms with van der Waals surface area (Å²) in [4.78, 5) is 12.1. The first kappa shape index (κ1) is 22.1. The number of sulfonamides is 1. The summed E-state index contributed by atoms with van der Waals surface area (Å²) >= 11 is 0. The summed E-state index contributed by atoms with van der Waals surface area (Å²) in [6, 6.07) is 12.5. The van der Waals surface area contributed by atoms with Gasteiger partial charge in [0, 0.05) is 13.1 Å². The van der Waals surface area contributed by atoms with Gasteiger partial charge in [0.05, 0.1) is 22.1 Å². The molecule has 0 aromatic heterocycles. The first-order valence-corrected chi connectivity index (χ1v) is 12.6. The number of nitrogens with zero attached hydrogens (tertiary/aromatic N) is 1. The molecule has 8 nitrogen and oxygen atoms in total. The summed E-state index contributed by atoms with van der Waals surface area (Å²) < 4.78 is 55.0. The number of carbonyl (C=O) groups is 1. The molecule has 162 valence electrons. The van der Waals surface area contributed by atoms with Crippen molar-refractivity contribution in [1.82, 2.24) is 5.32 Å². The third-order valence-electron chi connectivity index (χ3n) is 4.85. The predicted octanol–water partition coefficient (Wildman–Crippen LogP) is 1.50. The van der Waals surface area contributed by atoms with Crippen LogP contribution in [-0.2, 0) is 24.7 Å². The van der Waals surface area contributed by atoms with Crippen molar-refractivity contribution in [2.24, 2.45) is 0 Å². The number of amides is 1. The van der Waals surface area contributed by atoms with Crippen LogP contribution in [0.2, 0.25) is 0 Å². The zero-order valence-electron chi connectivity index (χ0n) is 16.7. The fourth-order valence-corrected chi connectivity index (χ4v) is 5.96. The predicted molar refractivity (Wildman–Crippen MR) is 114 cm³/mol. The fourth-order valence-electron chi connectivity index (χ4n) is 3.09. The second-order valence-corrected chi connectivity index (χ2v) is 11.4. The monoisotopic (exact) mass is 452 g/mol. The van der Waals surface area contributed by atoms with Crippen LogP contribution in [0.25, 0.3) is 0 Å². The molecule has 2 aromatic carbocycles. The Morgan fingerprint density at radius 2 is 1.77 bits per heavy atom. The van der Waals surface area contributed by atoms with E-state index in [0.29, 0.717) is 17.9 Å². The molecule has 1 heterocycles. The van der Waals surface area contributed by atoms with E-state index in [9.17, 15) is 21.6 Å². The van der Waals surface area contributed by atoms with Crippen LogP contribution in [0.15, 0.2) is 53.4 Å². The van der Waals surface area contributed by atoms with Crippen molar-refractivity contribution in [2.75, 3.05) is 29.5 Å². The molecule has 1 unspecified atom stereocenters. The number of ether oxygens (including phenoxy) is 1. The van der Waals surface area contributed by atoms with Crippen LogP contribution in [-0.4, -0.2) is 53.9 Å². The van der Waals surface area contributed by atoms with Gasteiger partial charge in [-0.2, -0.15) is 0 Å². The van der Waals surface area contributed by atoms with Gasteiger partial charge in [0.25, 0.3) is 15.9 Å². The second kappa shape index (κ2) is 8.65. The van der Waals surface area contributed by atoms with E-state index in [1.165, 1.54) is 11.4 Å². The zero-order chi connectivity index (χ0) is 21.9. The van der Waals surface area contributed by atoms with Crippen LogP contribution in [0.4, 0.5) is 5.69 Å². The first-order valence-electron chi connectivity index (χ1n) is 9.35. The van der Waals surface area contributed by atoms with Crippen LogP contribution < -0.4 is 14.4 Å². The Morgan fingerprint density at radius 3 is 2.33 bits per heavy atom. The smallest absolute Gasteiger partial charge is 0.264 e. The first-order chi connectivity index (χ1) is 14.1. The highest BCUT2D eigenvalue weighted by molar-refractivity contribution is 7.92. The van der Waals surface area contributed by atoms with Gasteiger partial charge in [-0.05, 0) is 49.7 Å². The highest BCUT2D eigenvalue weighted by atomic mass is 32.2. The van der Waals surface area contributed by atoms with Crippen LogP contribution in [0.3, 0.4) is 0 Å². The van der Waals surface area contributed by atoms with Crippen LogP contribution in [0.1, 0.15) is 12.0 Å². The third-order valence-corrected chi connectivity index (χ3v) is 8.41. The molecule has 2 aromatic rings. The Hall–Kier alpha value is -2.59. The molecule has 1 amide bonds. The molecule has 0 radical (unpaired) electrons. The average Bonchev–Trinajstić information content (AvgIpc) is 3.04. The number of sulfone groups is 1. The lowest BCUT2D eigenvalue weighted by atomic mass is 10.2. The molecule has 0 saturated carbocycles. The van der Waals surface area contributed by atoms with Gasteiger partial charge >= 0.3 is 0 Å². The van der Waals surface area contributed by atoms with Gasteiger partial charge in [-0.25, -0.2) is 16.8 Å². The zero-order valence-corrected chi connectivity index (χ0v) is 18.4. The standard InChI is InChI=1S/C20H24N2O6S2/c1-15-3-9-19(10-4-15)30(26,27)22(2)17-5-7-18(8-6-17)28-13-20(23)21-16-11-12-29(24,25)14-16/h3-10,16H,11-14H2,1-2H3,(H,21,23). The van der Waals surface area contributed by atoms with Crippen molar-refractivity contribution in [1.29, 1.82) is 0 Å². The Kier molecular flexibility index (Phi) is 6.37. The third kappa shape index (κ3) is 5.31. The Morgan fingerprint density at radius 1 is 1.13 bits per heavy atom. The van der Waals surface area contributed by atoms with E-state index in [2.05, 4.69) is 5.32 Å². The van der Waals surface area contributed by atoms with E-state index in [0.717, 1.165) is 5.56 Å². The number of hydrogen-bond donors (Lipinski definition) is 1. The van der Waals surface area contributed by atoms with Crippen molar-refractivity contribution in [3.8, 4) is 5.75 Å². The molecule has 1 saturated heterocycles. The molecular formula is C20H24N2O6S2. The number of nitrogens with one attached hydrogen (secondary N) is 1. The number of rotatable bonds is 7. The minimum atomic E-state index is -3.69. The van der Waals surface area contributed by atoms with Crippen molar-refractivity contribution < 1.29 is 26.4 Å². The van der Waals surface area contributed by atoms with Gasteiger partial charge in [0.1, 0.15) is 5.75 Å². The van der Waals surface area contributed by atoms with Crippen LogP contribution in [0.5, 0.6) is 5.75 Å². The number of benzene rings is 2. The van der Waals surface area contributed by atoms with E-state index in [1.807, 2.05) is 6.92 Å². The normalized spacial score (nSPS) is 18.0. The Bertz CT molecular complexity index is 1110. The summed E-state index contributed by atoms with van der Waals surface area (Å²) in [5, 5.41) is 2.65. The second-order valence-electron chi connectivity index (χ2n) is 7.24. The molecule has 1 atom stereocenters. The molecule has 1 aliphatic heterocycles. The maximum absolute atomic E-state index is 12.8.